The normalized spacial score (nSPS) is 16.6. The van der Waals surface area contributed by atoms with Gasteiger partial charge in [-0.15, -0.1) is 0 Å². The lowest BCUT2D eigenvalue weighted by Gasteiger charge is -2.26. The Labute approximate surface area is 160 Å². The molecular weight excluding hydrogens is 348 g/mol. The maximum Gasteiger partial charge on any atom is 0.274 e. The molecule has 8 heteroatoms. The van der Waals surface area contributed by atoms with Gasteiger partial charge >= 0.3 is 0 Å². The lowest BCUT2D eigenvalue weighted by atomic mass is 10.1. The van der Waals surface area contributed by atoms with E-state index >= 15 is 0 Å². The molecule has 1 heterocycles. The number of nitro groups is 1. The van der Waals surface area contributed by atoms with E-state index in [1.165, 1.54) is 24.8 Å². The minimum Gasteiger partial charge on any atom is -0.491 e. The average molecular weight is 378 g/mol. The molecule has 1 fully saturated rings. The molecule has 1 unspecified atom stereocenters. The van der Waals surface area contributed by atoms with Crippen LogP contribution in [-0.4, -0.2) is 54.3 Å². The molecule has 150 valence electrons. The molecule has 8 nitrogen and oxygen atoms in total. The molecule has 0 aliphatic carbocycles. The minimum atomic E-state index is -0.656. The molecule has 1 atom stereocenters. The van der Waals surface area contributed by atoms with Gasteiger partial charge in [-0.25, -0.2) is 0 Å². The quantitative estimate of drug-likeness (QED) is 0.398. The lowest BCUT2D eigenvalue weighted by molar-refractivity contribution is -0.404. The van der Waals surface area contributed by atoms with Gasteiger partial charge in [0.1, 0.15) is 12.4 Å². The average Bonchev–Trinajstić information content (AvgIpc) is 2.66. The zero-order valence-corrected chi connectivity index (χ0v) is 15.9. The summed E-state index contributed by atoms with van der Waals surface area (Å²) in [7, 11) is 1.60. The van der Waals surface area contributed by atoms with Crippen molar-refractivity contribution in [1.82, 2.24) is 15.5 Å². The van der Waals surface area contributed by atoms with Crippen LogP contribution in [0.1, 0.15) is 31.2 Å². The molecule has 0 saturated carbocycles. The monoisotopic (exact) mass is 378 g/mol. The van der Waals surface area contributed by atoms with Gasteiger partial charge in [0.25, 0.3) is 6.20 Å². The summed E-state index contributed by atoms with van der Waals surface area (Å²) in [5.74, 6) is 1.05. The van der Waals surface area contributed by atoms with Crippen molar-refractivity contribution >= 4 is 0 Å². The van der Waals surface area contributed by atoms with Gasteiger partial charge in [-0.3, -0.25) is 15.0 Å². The number of piperidine rings is 1. The summed E-state index contributed by atoms with van der Waals surface area (Å²) in [5, 5.41) is 26.1. The summed E-state index contributed by atoms with van der Waals surface area (Å²) in [6, 6.07) is 8.00. The number of ether oxygens (including phenoxy) is 1. The predicted octanol–water partition coefficient (Wildman–Crippen LogP) is 1.69. The molecular formula is C19H30N4O4. The molecule has 0 bridgehead atoms. The smallest absolute Gasteiger partial charge is 0.274 e. The van der Waals surface area contributed by atoms with Crippen LogP contribution in [0.25, 0.3) is 0 Å². The second kappa shape index (κ2) is 11.4. The van der Waals surface area contributed by atoms with Crippen molar-refractivity contribution in [3.8, 4) is 5.75 Å². The van der Waals surface area contributed by atoms with Crippen molar-refractivity contribution in [2.75, 3.05) is 33.3 Å². The third-order valence-electron chi connectivity index (χ3n) is 4.49. The van der Waals surface area contributed by atoms with Crippen LogP contribution < -0.4 is 15.4 Å². The van der Waals surface area contributed by atoms with Crippen LogP contribution in [0.4, 0.5) is 0 Å². The van der Waals surface area contributed by atoms with Gasteiger partial charge in [-0.2, -0.15) is 0 Å². The van der Waals surface area contributed by atoms with Crippen LogP contribution in [0.5, 0.6) is 5.75 Å². The highest BCUT2D eigenvalue weighted by atomic mass is 16.6. The topological polar surface area (TPSA) is 99.9 Å². The Kier molecular flexibility index (Phi) is 8.86. The van der Waals surface area contributed by atoms with E-state index in [4.69, 9.17) is 4.74 Å². The Morgan fingerprint density at radius 3 is 2.89 bits per heavy atom. The standard InChI is InChI=1S/C19H30N4O4/c1-20-19(14-23(25)26)21-9-8-17(24)15-27-18-7-5-6-16(12-18)13-22-10-3-2-4-11-22/h5-7,12,14,17,20-21,24H,2-4,8-11,13,15H2,1H3. The first-order valence-corrected chi connectivity index (χ1v) is 9.46. The third-order valence-corrected chi connectivity index (χ3v) is 4.49. The maximum atomic E-state index is 10.5. The van der Waals surface area contributed by atoms with Gasteiger partial charge in [0.2, 0.25) is 0 Å². The molecule has 0 spiro atoms. The lowest BCUT2D eigenvalue weighted by Crippen LogP contribution is -2.29. The van der Waals surface area contributed by atoms with Crippen LogP contribution in [-0.2, 0) is 6.54 Å². The summed E-state index contributed by atoms with van der Waals surface area (Å²) in [4.78, 5) is 12.4. The molecule has 0 amide bonds. The van der Waals surface area contributed by atoms with Crippen molar-refractivity contribution in [2.24, 2.45) is 0 Å². The van der Waals surface area contributed by atoms with E-state index < -0.39 is 11.0 Å². The van der Waals surface area contributed by atoms with Gasteiger partial charge in [0.15, 0.2) is 5.82 Å². The van der Waals surface area contributed by atoms with E-state index in [0.29, 0.717) is 18.8 Å². The second-order valence-corrected chi connectivity index (χ2v) is 6.74. The van der Waals surface area contributed by atoms with Gasteiger partial charge in [-0.05, 0) is 50.0 Å². The van der Waals surface area contributed by atoms with E-state index in [1.54, 1.807) is 7.05 Å². The zero-order chi connectivity index (χ0) is 19.5. The predicted molar refractivity (Wildman–Crippen MR) is 104 cm³/mol. The summed E-state index contributed by atoms with van der Waals surface area (Å²) in [6.07, 6.45) is 4.48. The fraction of sp³-hybridized carbons (Fsp3) is 0.579. The van der Waals surface area contributed by atoms with E-state index in [9.17, 15) is 15.2 Å². The molecule has 27 heavy (non-hydrogen) atoms. The number of aliphatic hydroxyl groups excluding tert-OH is 1. The second-order valence-electron chi connectivity index (χ2n) is 6.74. The van der Waals surface area contributed by atoms with Crippen LogP contribution in [0, 0.1) is 10.1 Å². The van der Waals surface area contributed by atoms with Crippen molar-refractivity contribution in [3.05, 3.63) is 52.0 Å². The fourth-order valence-corrected chi connectivity index (χ4v) is 3.06. The van der Waals surface area contributed by atoms with Gasteiger partial charge < -0.3 is 20.5 Å². The van der Waals surface area contributed by atoms with Crippen LogP contribution in [0.3, 0.4) is 0 Å². The van der Waals surface area contributed by atoms with E-state index in [0.717, 1.165) is 31.6 Å². The van der Waals surface area contributed by atoms with Crippen LogP contribution in [0.15, 0.2) is 36.3 Å². The zero-order valence-electron chi connectivity index (χ0n) is 15.9. The molecule has 3 N–H and O–H groups in total. The number of nitrogens with zero attached hydrogens (tertiary/aromatic N) is 2. The Bertz CT molecular complexity index is 617. The van der Waals surface area contributed by atoms with Gasteiger partial charge in [0, 0.05) is 20.1 Å². The molecule has 0 radical (unpaired) electrons. The van der Waals surface area contributed by atoms with E-state index in [1.807, 2.05) is 18.2 Å². The fourth-order valence-electron chi connectivity index (χ4n) is 3.06. The Morgan fingerprint density at radius 1 is 1.41 bits per heavy atom. The Balaban J connectivity index is 1.72. The first-order chi connectivity index (χ1) is 13.1. The third kappa shape index (κ3) is 8.27. The summed E-state index contributed by atoms with van der Waals surface area (Å²) in [5.41, 5.74) is 1.22. The molecule has 1 aliphatic heterocycles. The summed E-state index contributed by atoms with van der Waals surface area (Å²) < 4.78 is 5.71. The number of aliphatic hydroxyl groups is 1. The van der Waals surface area contributed by atoms with Crippen LogP contribution in [0.2, 0.25) is 0 Å². The van der Waals surface area contributed by atoms with Gasteiger partial charge in [-0.1, -0.05) is 18.6 Å². The number of rotatable bonds is 11. The molecule has 1 aromatic rings. The SMILES string of the molecule is CNC(=C[N+](=O)[O-])NCCC(O)COc1cccc(CN2CCCCC2)c1. The first kappa shape index (κ1) is 21.0. The number of hydrogen-bond donors (Lipinski definition) is 3. The highest BCUT2D eigenvalue weighted by Gasteiger charge is 2.11. The van der Waals surface area contributed by atoms with Gasteiger partial charge in [0.05, 0.1) is 11.0 Å². The molecule has 1 saturated heterocycles. The van der Waals surface area contributed by atoms with E-state index in [2.05, 4.69) is 21.6 Å². The molecule has 0 aromatic heterocycles. The number of benzene rings is 1. The Morgan fingerprint density at radius 2 is 2.19 bits per heavy atom. The minimum absolute atomic E-state index is 0.183. The van der Waals surface area contributed by atoms with Crippen molar-refractivity contribution in [3.63, 3.8) is 0 Å². The maximum absolute atomic E-state index is 10.5. The molecule has 2 rings (SSSR count). The first-order valence-electron chi connectivity index (χ1n) is 9.46. The highest BCUT2D eigenvalue weighted by Crippen LogP contribution is 2.18. The van der Waals surface area contributed by atoms with Crippen molar-refractivity contribution in [1.29, 1.82) is 0 Å². The number of nitrogens with one attached hydrogen (secondary N) is 2. The van der Waals surface area contributed by atoms with Crippen molar-refractivity contribution < 1.29 is 14.8 Å². The summed E-state index contributed by atoms with van der Waals surface area (Å²) >= 11 is 0. The largest absolute Gasteiger partial charge is 0.491 e. The molecule has 1 aromatic carbocycles. The van der Waals surface area contributed by atoms with Crippen molar-refractivity contribution in [2.45, 2.75) is 38.3 Å². The number of likely N-dealkylation sites (tertiary alicyclic amines) is 1. The molecule has 1 aliphatic rings. The highest BCUT2D eigenvalue weighted by molar-refractivity contribution is 5.28. The van der Waals surface area contributed by atoms with E-state index in [-0.39, 0.29) is 6.61 Å². The number of hydrogen-bond acceptors (Lipinski definition) is 7. The summed E-state index contributed by atoms with van der Waals surface area (Å²) in [6.45, 7) is 3.81. The Hall–Kier alpha value is -2.32. The van der Waals surface area contributed by atoms with Crippen LogP contribution >= 0.6 is 0 Å².